The Morgan fingerprint density at radius 2 is 0.824 bits per heavy atom. The number of fused-ring (bicyclic) bond motifs is 2. The lowest BCUT2D eigenvalue weighted by Gasteiger charge is -2.34. The number of carbonyl (C=O) groups excluding carboxylic acids is 8. The second-order valence-electron chi connectivity index (χ2n) is 19.1. The monoisotopic (exact) mass is 1010 g/mol. The summed E-state index contributed by atoms with van der Waals surface area (Å²) in [4.78, 5) is 124. The standard InChI is InChI=1S/C55H67N11O8/c1-35-47(67)64-44(34-39-23-12-5-13-24-39)53(73)66-30-16-27-46(66)54(74)65-29-15-26-45(65)52(72)60-40(25-14-28-58-55(56)57)48(68)61-42(32-37-19-8-3-9-20-37)50(70)63-43(33-38-21-10-4-11-22-38)51(71)62-41(49(69)59-35)31-36-17-6-2-7-18-36/h2-13,17-24,35,40-46H,14-16,25-34H2,1H3,(H,59,69)(H,60,72)(H,61,68)(H,62,71)(H,63,70)(H,64,67)(H4,56,57,58)/t35-,40-,41-,42-,43-,44-,45-,46+/m0/s1. The molecule has 3 aliphatic rings. The van der Waals surface area contributed by atoms with Gasteiger partial charge in [0, 0.05) is 45.3 Å². The van der Waals surface area contributed by atoms with Crippen molar-refractivity contribution in [2.45, 2.75) is 119 Å². The molecule has 0 saturated carbocycles. The summed E-state index contributed by atoms with van der Waals surface area (Å²) in [6.45, 7) is 2.03. The molecule has 0 aromatic heterocycles. The van der Waals surface area contributed by atoms with Gasteiger partial charge in [-0.3, -0.25) is 43.3 Å². The Kier molecular flexibility index (Phi) is 18.9. The Hall–Kier alpha value is -8.09. The van der Waals surface area contributed by atoms with Crippen LogP contribution in [0.15, 0.2) is 126 Å². The normalized spacial score (nSPS) is 24.7. The van der Waals surface area contributed by atoms with Gasteiger partial charge in [0.15, 0.2) is 5.96 Å². The van der Waals surface area contributed by atoms with E-state index in [1.165, 1.54) is 16.7 Å². The molecular formula is C55H67N11O8. The molecule has 0 unspecified atom stereocenters. The van der Waals surface area contributed by atoms with Gasteiger partial charge in [0.25, 0.3) is 0 Å². The minimum Gasteiger partial charge on any atom is -0.370 e. The number of nitrogens with zero attached hydrogens (tertiary/aromatic N) is 3. The predicted molar refractivity (Wildman–Crippen MR) is 277 cm³/mol. The van der Waals surface area contributed by atoms with Gasteiger partial charge in [-0.15, -0.1) is 0 Å². The zero-order valence-corrected chi connectivity index (χ0v) is 41.6. The molecule has 3 saturated heterocycles. The first kappa shape index (κ1) is 53.7. The smallest absolute Gasteiger partial charge is 0.246 e. The van der Waals surface area contributed by atoms with Crippen LogP contribution in [0.1, 0.15) is 67.7 Å². The lowest BCUT2D eigenvalue weighted by Crippen LogP contribution is -2.61. The lowest BCUT2D eigenvalue weighted by atomic mass is 10.0. The molecule has 4 aromatic carbocycles. The van der Waals surface area contributed by atoms with E-state index >= 15 is 0 Å². The van der Waals surface area contributed by atoms with Crippen LogP contribution in [0.25, 0.3) is 0 Å². The molecule has 19 heteroatoms. The molecule has 390 valence electrons. The van der Waals surface area contributed by atoms with Gasteiger partial charge in [-0.05, 0) is 67.7 Å². The van der Waals surface area contributed by atoms with Crippen LogP contribution in [0.5, 0.6) is 0 Å². The maximum Gasteiger partial charge on any atom is 0.246 e. The molecule has 3 heterocycles. The van der Waals surface area contributed by atoms with Crippen LogP contribution in [0.3, 0.4) is 0 Å². The molecule has 0 bridgehead atoms. The summed E-state index contributed by atoms with van der Waals surface area (Å²) in [5, 5.41) is 17.1. The number of aliphatic imine (C=N–C) groups is 1. The highest BCUT2D eigenvalue weighted by molar-refractivity contribution is 5.99. The van der Waals surface area contributed by atoms with Crippen molar-refractivity contribution in [3.8, 4) is 0 Å². The third-order valence-electron chi connectivity index (χ3n) is 13.6. The fourth-order valence-electron chi connectivity index (χ4n) is 9.74. The third kappa shape index (κ3) is 14.8. The van der Waals surface area contributed by atoms with E-state index in [0.29, 0.717) is 36.0 Å². The molecule has 3 fully saturated rings. The van der Waals surface area contributed by atoms with Crippen molar-refractivity contribution >= 4 is 53.2 Å². The zero-order valence-electron chi connectivity index (χ0n) is 41.6. The number of hydrogen-bond acceptors (Lipinski definition) is 9. The number of hydrogen-bond donors (Lipinski definition) is 8. The summed E-state index contributed by atoms with van der Waals surface area (Å²) in [7, 11) is 0. The van der Waals surface area contributed by atoms with E-state index in [1.807, 2.05) is 48.5 Å². The van der Waals surface area contributed by atoms with Crippen LogP contribution in [0.4, 0.5) is 0 Å². The van der Waals surface area contributed by atoms with Gasteiger partial charge in [0.05, 0.1) is 0 Å². The van der Waals surface area contributed by atoms with Gasteiger partial charge in [-0.25, -0.2) is 0 Å². The highest BCUT2D eigenvalue weighted by Crippen LogP contribution is 2.27. The number of benzene rings is 4. The van der Waals surface area contributed by atoms with Crippen LogP contribution in [0.2, 0.25) is 0 Å². The van der Waals surface area contributed by atoms with Crippen molar-refractivity contribution in [2.75, 3.05) is 19.6 Å². The molecule has 0 radical (unpaired) electrons. The van der Waals surface area contributed by atoms with Crippen molar-refractivity contribution < 1.29 is 38.4 Å². The van der Waals surface area contributed by atoms with E-state index in [4.69, 9.17) is 11.5 Å². The minimum atomic E-state index is -1.29. The van der Waals surface area contributed by atoms with Gasteiger partial charge in [0.2, 0.25) is 47.3 Å². The molecule has 7 rings (SSSR count). The van der Waals surface area contributed by atoms with E-state index < -0.39 is 95.6 Å². The summed E-state index contributed by atoms with van der Waals surface area (Å²) in [6, 6.07) is 26.6. The Morgan fingerprint density at radius 3 is 1.27 bits per heavy atom. The topological polar surface area (TPSA) is 280 Å². The predicted octanol–water partition coefficient (Wildman–Crippen LogP) is 0.935. The lowest BCUT2D eigenvalue weighted by molar-refractivity contribution is -0.148. The minimum absolute atomic E-state index is 0.000885. The van der Waals surface area contributed by atoms with Crippen molar-refractivity contribution in [3.05, 3.63) is 144 Å². The number of nitrogens with two attached hydrogens (primary N) is 2. The molecule has 4 aromatic rings. The number of nitrogens with one attached hydrogen (secondary N) is 6. The second kappa shape index (κ2) is 26.0. The van der Waals surface area contributed by atoms with E-state index in [1.54, 1.807) is 72.8 Å². The SMILES string of the molecule is C[C@@H]1NC(=O)[C@H](Cc2ccccc2)NC(=O)[C@H](Cc2ccccc2)NC(=O)[C@H](Cc2ccccc2)NC(=O)[C@H](CCCN=C(N)N)NC(=O)[C@@H]2CCCN2C(=O)[C@H]2CCCN2C(=O)[C@H](Cc2ccccc2)NC1=O. The van der Waals surface area contributed by atoms with Gasteiger partial charge in [-0.1, -0.05) is 121 Å². The highest BCUT2D eigenvalue weighted by atomic mass is 16.2. The molecule has 0 aliphatic carbocycles. The summed E-state index contributed by atoms with van der Waals surface area (Å²) in [5.74, 6) is -5.22. The molecule has 8 amide bonds. The van der Waals surface area contributed by atoms with E-state index in [-0.39, 0.29) is 70.5 Å². The van der Waals surface area contributed by atoms with Crippen molar-refractivity contribution in [3.63, 3.8) is 0 Å². The quantitative estimate of drug-likeness (QED) is 0.0565. The molecular weight excluding hydrogens is 943 g/mol. The second-order valence-corrected chi connectivity index (χ2v) is 19.1. The van der Waals surface area contributed by atoms with Gasteiger partial charge < -0.3 is 53.2 Å². The Labute approximate surface area is 431 Å². The van der Waals surface area contributed by atoms with Gasteiger partial charge in [-0.2, -0.15) is 0 Å². The van der Waals surface area contributed by atoms with Crippen molar-refractivity contribution in [2.24, 2.45) is 16.5 Å². The zero-order chi connectivity index (χ0) is 52.6. The third-order valence-corrected chi connectivity index (χ3v) is 13.6. The van der Waals surface area contributed by atoms with Crippen LogP contribution in [-0.2, 0) is 64.0 Å². The average molecular weight is 1010 g/mol. The Morgan fingerprint density at radius 1 is 0.459 bits per heavy atom. The summed E-state index contributed by atoms with van der Waals surface area (Å²) >= 11 is 0. The first-order chi connectivity index (χ1) is 35.7. The van der Waals surface area contributed by atoms with Crippen LogP contribution >= 0.6 is 0 Å². The van der Waals surface area contributed by atoms with Crippen LogP contribution in [0, 0.1) is 0 Å². The van der Waals surface area contributed by atoms with E-state index in [9.17, 15) is 38.4 Å². The maximum atomic E-state index is 14.7. The molecule has 3 aliphatic heterocycles. The molecule has 74 heavy (non-hydrogen) atoms. The van der Waals surface area contributed by atoms with Crippen molar-refractivity contribution in [1.29, 1.82) is 0 Å². The van der Waals surface area contributed by atoms with E-state index in [0.717, 1.165) is 5.56 Å². The molecule has 8 atom stereocenters. The van der Waals surface area contributed by atoms with Crippen LogP contribution in [-0.4, -0.2) is 131 Å². The van der Waals surface area contributed by atoms with Crippen LogP contribution < -0.4 is 43.4 Å². The highest BCUT2D eigenvalue weighted by Gasteiger charge is 2.44. The first-order valence-electron chi connectivity index (χ1n) is 25.4. The fraction of sp³-hybridized carbons (Fsp3) is 0.400. The largest absolute Gasteiger partial charge is 0.370 e. The van der Waals surface area contributed by atoms with Gasteiger partial charge >= 0.3 is 0 Å². The average Bonchev–Trinajstić information content (AvgIpc) is 4.11. The Bertz CT molecular complexity index is 2620. The molecule has 19 nitrogen and oxygen atoms in total. The number of carbonyl (C=O) groups is 8. The summed E-state index contributed by atoms with van der Waals surface area (Å²) in [5.41, 5.74) is 14.0. The molecule has 10 N–H and O–H groups in total. The fourth-order valence-corrected chi connectivity index (χ4v) is 9.74. The van der Waals surface area contributed by atoms with E-state index in [2.05, 4.69) is 36.9 Å². The number of amides is 8. The summed E-state index contributed by atoms with van der Waals surface area (Å²) in [6.07, 6.45) is 1.88. The number of rotatable bonds is 12. The summed E-state index contributed by atoms with van der Waals surface area (Å²) < 4.78 is 0. The maximum absolute atomic E-state index is 14.7. The number of guanidine groups is 1. The van der Waals surface area contributed by atoms with Gasteiger partial charge in [0.1, 0.15) is 48.3 Å². The Balaban J connectivity index is 1.27. The first-order valence-corrected chi connectivity index (χ1v) is 25.4. The van der Waals surface area contributed by atoms with Crippen molar-refractivity contribution in [1.82, 2.24) is 41.7 Å². The molecule has 0 spiro atoms.